The summed E-state index contributed by atoms with van der Waals surface area (Å²) in [5.74, 6) is -14.6. The molecule has 5 aromatic rings. The number of halogens is 10. The smallest absolute Gasteiger partial charge is 0.429 e. The van der Waals surface area contributed by atoms with E-state index in [2.05, 4.69) is 16.6 Å². The number of unbranched alkanes of at least 4 members (excludes halogenated alkanes) is 2. The first-order valence-corrected chi connectivity index (χ1v) is 14.2. The van der Waals surface area contributed by atoms with Crippen LogP contribution in [-0.4, -0.2) is 4.98 Å². The van der Waals surface area contributed by atoms with Crippen LogP contribution in [0.2, 0.25) is 0 Å². The molecule has 1 aromatic heterocycles. The molecule has 0 bridgehead atoms. The third kappa shape index (κ3) is 7.11. The van der Waals surface area contributed by atoms with Crippen molar-refractivity contribution in [3.63, 3.8) is 0 Å². The summed E-state index contributed by atoms with van der Waals surface area (Å²) in [6, 6.07) is 9.11. The van der Waals surface area contributed by atoms with Gasteiger partial charge < -0.3 is 4.74 Å². The number of aryl methyl sites for hydroxylation is 1. The Morgan fingerprint density at radius 2 is 1.21 bits per heavy atom. The second kappa shape index (κ2) is 13.5. The Balaban J connectivity index is 1.38. The number of benzene rings is 4. The monoisotopic (exact) mass is 663 g/mol. The predicted octanol–water partition coefficient (Wildman–Crippen LogP) is 11.1. The van der Waals surface area contributed by atoms with Crippen LogP contribution in [0.25, 0.3) is 33.5 Å². The Morgan fingerprint density at radius 3 is 1.77 bits per heavy atom. The number of pyridine rings is 1. The lowest BCUT2D eigenvalue weighted by Gasteiger charge is -2.20. The summed E-state index contributed by atoms with van der Waals surface area (Å²) < 4.78 is 149. The Bertz CT molecular complexity index is 1870. The van der Waals surface area contributed by atoms with Gasteiger partial charge in [0.15, 0.2) is 17.5 Å². The number of rotatable bonds is 10. The third-order valence-corrected chi connectivity index (χ3v) is 7.34. The lowest BCUT2D eigenvalue weighted by atomic mass is 9.99. The van der Waals surface area contributed by atoms with Crippen molar-refractivity contribution >= 4 is 0 Å². The highest BCUT2D eigenvalue weighted by Crippen LogP contribution is 2.40. The van der Waals surface area contributed by atoms with Gasteiger partial charge in [0.1, 0.15) is 40.4 Å². The van der Waals surface area contributed by atoms with Crippen LogP contribution in [0, 0.1) is 46.5 Å². The molecule has 0 saturated carbocycles. The largest absolute Gasteiger partial charge is 0.432 e. The van der Waals surface area contributed by atoms with Gasteiger partial charge >= 0.3 is 6.11 Å². The van der Waals surface area contributed by atoms with Gasteiger partial charge in [-0.15, -0.1) is 0 Å². The van der Waals surface area contributed by atoms with E-state index in [4.69, 9.17) is 0 Å². The molecule has 47 heavy (non-hydrogen) atoms. The van der Waals surface area contributed by atoms with Gasteiger partial charge in [-0.25, -0.2) is 35.1 Å². The van der Waals surface area contributed by atoms with E-state index in [-0.39, 0.29) is 29.8 Å². The highest BCUT2D eigenvalue weighted by atomic mass is 19.3. The summed E-state index contributed by atoms with van der Waals surface area (Å²) in [4.78, 5) is 4.34. The van der Waals surface area contributed by atoms with E-state index in [1.807, 2.05) is 6.07 Å². The first-order valence-electron chi connectivity index (χ1n) is 14.2. The number of alkyl halides is 2. The van der Waals surface area contributed by atoms with Gasteiger partial charge in [-0.05, 0) is 65.9 Å². The molecule has 0 unspecified atom stereocenters. The topological polar surface area (TPSA) is 22.1 Å². The van der Waals surface area contributed by atoms with Crippen LogP contribution in [0.1, 0.15) is 37.3 Å². The molecule has 12 heteroatoms. The standard InChI is InChI=1S/C35H23F10NO/c1-2-3-4-5-18-6-9-31(46-17-18)19-7-8-23(24(36)10-19)20-11-27(39)33(28(40)12-20)35(44,45)47-22-15-25(37)32(26(38)16-22)21-13-29(41)34(43)30(42)14-21/h6-17H,2-5H2,1H3. The zero-order chi connectivity index (χ0) is 34.0. The van der Waals surface area contributed by atoms with Crippen molar-refractivity contribution in [1.29, 1.82) is 0 Å². The molecule has 1 heterocycles. The van der Waals surface area contributed by atoms with Crippen molar-refractivity contribution < 1.29 is 48.6 Å². The van der Waals surface area contributed by atoms with Crippen LogP contribution in [-0.2, 0) is 12.5 Å². The molecular weight excluding hydrogens is 640 g/mol. The van der Waals surface area contributed by atoms with Crippen molar-refractivity contribution in [3.05, 3.63) is 131 Å². The van der Waals surface area contributed by atoms with E-state index >= 15 is 13.2 Å². The fourth-order valence-electron chi connectivity index (χ4n) is 5.02. The van der Waals surface area contributed by atoms with E-state index < -0.39 is 80.6 Å². The van der Waals surface area contributed by atoms with E-state index in [0.29, 0.717) is 23.4 Å². The number of hydrogen-bond donors (Lipinski definition) is 0. The maximum absolute atomic E-state index is 15.1. The van der Waals surface area contributed by atoms with Crippen LogP contribution < -0.4 is 4.74 Å². The van der Waals surface area contributed by atoms with Gasteiger partial charge in [0.05, 0.1) is 11.3 Å². The SMILES string of the molecule is CCCCCc1ccc(-c2ccc(-c3cc(F)c(C(F)(F)Oc4cc(F)c(-c5cc(F)c(F)c(F)c5)c(F)c4)c(F)c3)c(F)c2)nc1. The summed E-state index contributed by atoms with van der Waals surface area (Å²) >= 11 is 0. The molecule has 0 aliphatic rings. The summed E-state index contributed by atoms with van der Waals surface area (Å²) in [5, 5.41) is 0. The molecule has 4 aromatic carbocycles. The number of nitrogens with zero attached hydrogens (tertiary/aromatic N) is 1. The fourth-order valence-corrected chi connectivity index (χ4v) is 5.02. The van der Waals surface area contributed by atoms with Crippen molar-refractivity contribution in [2.75, 3.05) is 0 Å². The molecule has 0 aliphatic heterocycles. The Labute approximate surface area is 262 Å². The average molecular weight is 664 g/mol. The van der Waals surface area contributed by atoms with Gasteiger partial charge in [0.25, 0.3) is 0 Å². The van der Waals surface area contributed by atoms with E-state index in [1.165, 1.54) is 12.1 Å². The van der Waals surface area contributed by atoms with E-state index in [9.17, 15) is 30.7 Å². The first-order chi connectivity index (χ1) is 22.3. The van der Waals surface area contributed by atoms with E-state index in [0.717, 1.165) is 37.3 Å². The molecule has 244 valence electrons. The predicted molar refractivity (Wildman–Crippen MR) is 154 cm³/mol. The van der Waals surface area contributed by atoms with Gasteiger partial charge in [0, 0.05) is 29.5 Å². The van der Waals surface area contributed by atoms with Crippen molar-refractivity contribution in [1.82, 2.24) is 4.98 Å². The molecule has 0 saturated heterocycles. The molecule has 0 atom stereocenters. The molecule has 0 aliphatic carbocycles. The normalized spacial score (nSPS) is 11.6. The fraction of sp³-hybridized carbons (Fsp3) is 0.171. The van der Waals surface area contributed by atoms with Crippen LogP contribution in [0.4, 0.5) is 43.9 Å². The van der Waals surface area contributed by atoms with Crippen LogP contribution in [0.15, 0.2) is 72.9 Å². The van der Waals surface area contributed by atoms with Crippen LogP contribution >= 0.6 is 0 Å². The van der Waals surface area contributed by atoms with Crippen LogP contribution in [0.3, 0.4) is 0 Å². The summed E-state index contributed by atoms with van der Waals surface area (Å²) in [5.41, 5.74) is -2.76. The highest BCUT2D eigenvalue weighted by Gasteiger charge is 2.41. The lowest BCUT2D eigenvalue weighted by molar-refractivity contribution is -0.189. The van der Waals surface area contributed by atoms with E-state index in [1.54, 1.807) is 12.3 Å². The molecule has 5 rings (SSSR count). The van der Waals surface area contributed by atoms with Gasteiger partial charge in [0.2, 0.25) is 0 Å². The molecule has 0 N–H and O–H groups in total. The first kappa shape index (κ1) is 33.5. The quantitative estimate of drug-likeness (QED) is 0.0843. The number of hydrogen-bond acceptors (Lipinski definition) is 2. The average Bonchev–Trinajstić information content (AvgIpc) is 2.99. The second-order valence-electron chi connectivity index (χ2n) is 10.7. The maximum atomic E-state index is 15.1. The number of ether oxygens (including phenoxy) is 1. The van der Waals surface area contributed by atoms with Gasteiger partial charge in [-0.3, -0.25) is 4.98 Å². The second-order valence-corrected chi connectivity index (χ2v) is 10.7. The molecule has 0 amide bonds. The minimum atomic E-state index is -4.85. The Kier molecular flexibility index (Phi) is 9.60. The third-order valence-electron chi connectivity index (χ3n) is 7.34. The molecule has 0 fully saturated rings. The minimum absolute atomic E-state index is 0.182. The summed E-state index contributed by atoms with van der Waals surface area (Å²) in [7, 11) is 0. The summed E-state index contributed by atoms with van der Waals surface area (Å²) in [6.07, 6.45) is 0.806. The van der Waals surface area contributed by atoms with Crippen molar-refractivity contribution in [3.8, 4) is 39.3 Å². The zero-order valence-corrected chi connectivity index (χ0v) is 24.4. The highest BCUT2D eigenvalue weighted by molar-refractivity contribution is 5.70. The summed E-state index contributed by atoms with van der Waals surface area (Å²) in [6.45, 7) is 2.09. The zero-order valence-electron chi connectivity index (χ0n) is 24.4. The molecular formula is C35H23F10NO. The van der Waals surface area contributed by atoms with Crippen molar-refractivity contribution in [2.45, 2.75) is 38.7 Å². The molecule has 0 radical (unpaired) electrons. The lowest BCUT2D eigenvalue weighted by Crippen LogP contribution is -2.25. The van der Waals surface area contributed by atoms with Gasteiger partial charge in [-0.2, -0.15) is 8.78 Å². The Morgan fingerprint density at radius 1 is 0.617 bits per heavy atom. The van der Waals surface area contributed by atoms with Crippen molar-refractivity contribution in [2.24, 2.45) is 0 Å². The van der Waals surface area contributed by atoms with Crippen LogP contribution in [0.5, 0.6) is 5.75 Å². The maximum Gasteiger partial charge on any atom is 0.432 e. The molecule has 2 nitrogen and oxygen atoms in total. The van der Waals surface area contributed by atoms with Gasteiger partial charge in [-0.1, -0.05) is 38.0 Å². The minimum Gasteiger partial charge on any atom is -0.429 e. The Hall–Kier alpha value is -4.87. The molecule has 0 spiro atoms. The number of aromatic nitrogens is 1.